The van der Waals surface area contributed by atoms with Crippen molar-refractivity contribution in [3.63, 3.8) is 0 Å². The van der Waals surface area contributed by atoms with Gasteiger partial charge in [0.2, 0.25) is 11.8 Å². The SMILES string of the molecule is Cl.O=C(Cc1ccc(-c2ccccc2)cc1)N1CCCC(N2CCNCC2=O)C1. The summed E-state index contributed by atoms with van der Waals surface area (Å²) in [6.07, 6.45) is 2.36. The van der Waals surface area contributed by atoms with E-state index in [1.165, 1.54) is 5.56 Å². The number of nitrogens with zero attached hydrogens (tertiary/aromatic N) is 2. The van der Waals surface area contributed by atoms with E-state index in [1.54, 1.807) is 0 Å². The Morgan fingerprint density at radius 3 is 2.45 bits per heavy atom. The Morgan fingerprint density at radius 1 is 1.00 bits per heavy atom. The molecule has 0 saturated carbocycles. The second-order valence-corrected chi connectivity index (χ2v) is 7.64. The molecular weight excluding hydrogens is 386 g/mol. The van der Waals surface area contributed by atoms with Gasteiger partial charge in [-0.15, -0.1) is 12.4 Å². The minimum Gasteiger partial charge on any atom is -0.340 e. The molecule has 1 atom stereocenters. The first-order valence-corrected chi connectivity index (χ1v) is 10.1. The fourth-order valence-electron chi connectivity index (χ4n) is 4.18. The van der Waals surface area contributed by atoms with Crippen molar-refractivity contribution in [3.8, 4) is 11.1 Å². The Labute approximate surface area is 178 Å². The first-order chi connectivity index (χ1) is 13.7. The first-order valence-electron chi connectivity index (χ1n) is 10.1. The van der Waals surface area contributed by atoms with Crippen LogP contribution in [-0.2, 0) is 16.0 Å². The summed E-state index contributed by atoms with van der Waals surface area (Å²) >= 11 is 0. The van der Waals surface area contributed by atoms with E-state index in [9.17, 15) is 9.59 Å². The zero-order valence-electron chi connectivity index (χ0n) is 16.5. The lowest BCUT2D eigenvalue weighted by atomic mass is 10.0. The molecule has 0 aliphatic carbocycles. The van der Waals surface area contributed by atoms with Gasteiger partial charge >= 0.3 is 0 Å². The summed E-state index contributed by atoms with van der Waals surface area (Å²) in [7, 11) is 0. The third-order valence-corrected chi connectivity index (χ3v) is 5.73. The second kappa shape index (κ2) is 9.90. The van der Waals surface area contributed by atoms with E-state index < -0.39 is 0 Å². The summed E-state index contributed by atoms with van der Waals surface area (Å²) in [6.45, 7) is 3.44. The summed E-state index contributed by atoms with van der Waals surface area (Å²) < 4.78 is 0. The predicted molar refractivity (Wildman–Crippen MR) is 117 cm³/mol. The zero-order valence-corrected chi connectivity index (χ0v) is 17.4. The van der Waals surface area contributed by atoms with Crippen molar-refractivity contribution in [2.45, 2.75) is 25.3 Å². The standard InChI is InChI=1S/C23H27N3O2.ClH/c27-22(15-18-8-10-20(11-9-18)19-5-2-1-3-6-19)25-13-4-7-21(17-25)26-14-12-24-16-23(26)28;/h1-3,5-6,8-11,21,24H,4,7,12-17H2;1H. The van der Waals surface area contributed by atoms with E-state index in [2.05, 4.69) is 29.6 Å². The highest BCUT2D eigenvalue weighted by Gasteiger charge is 2.31. The van der Waals surface area contributed by atoms with Gasteiger partial charge in [-0.2, -0.15) is 0 Å². The van der Waals surface area contributed by atoms with Crippen LogP contribution in [0.1, 0.15) is 18.4 Å². The van der Waals surface area contributed by atoms with Crippen molar-refractivity contribution < 1.29 is 9.59 Å². The topological polar surface area (TPSA) is 52.7 Å². The van der Waals surface area contributed by atoms with Gasteiger partial charge < -0.3 is 15.1 Å². The number of carbonyl (C=O) groups is 2. The van der Waals surface area contributed by atoms with E-state index in [0.717, 1.165) is 43.6 Å². The molecule has 0 radical (unpaired) electrons. The largest absolute Gasteiger partial charge is 0.340 e. The molecule has 0 aromatic heterocycles. The molecule has 2 saturated heterocycles. The molecular formula is C23H28ClN3O2. The molecule has 2 fully saturated rings. The summed E-state index contributed by atoms with van der Waals surface area (Å²) in [6, 6.07) is 18.7. The van der Waals surface area contributed by atoms with Gasteiger partial charge in [0.15, 0.2) is 0 Å². The molecule has 1 unspecified atom stereocenters. The summed E-state index contributed by atoms with van der Waals surface area (Å²) in [5.41, 5.74) is 3.37. The van der Waals surface area contributed by atoms with Gasteiger partial charge in [-0.25, -0.2) is 0 Å². The van der Waals surface area contributed by atoms with Gasteiger partial charge in [-0.3, -0.25) is 9.59 Å². The summed E-state index contributed by atoms with van der Waals surface area (Å²) in [5, 5.41) is 3.11. The van der Waals surface area contributed by atoms with Crippen LogP contribution in [0.15, 0.2) is 54.6 Å². The van der Waals surface area contributed by atoms with Crippen LogP contribution in [0.2, 0.25) is 0 Å². The van der Waals surface area contributed by atoms with Crippen LogP contribution in [0.4, 0.5) is 0 Å². The lowest BCUT2D eigenvalue weighted by Gasteiger charge is -2.41. The Morgan fingerprint density at radius 2 is 1.72 bits per heavy atom. The van der Waals surface area contributed by atoms with Crippen LogP contribution in [0, 0.1) is 0 Å². The average molecular weight is 414 g/mol. The highest BCUT2D eigenvalue weighted by Crippen LogP contribution is 2.21. The van der Waals surface area contributed by atoms with Crippen molar-refractivity contribution in [2.75, 3.05) is 32.7 Å². The third-order valence-electron chi connectivity index (χ3n) is 5.73. The fourth-order valence-corrected chi connectivity index (χ4v) is 4.18. The maximum atomic E-state index is 12.8. The highest BCUT2D eigenvalue weighted by atomic mass is 35.5. The minimum absolute atomic E-state index is 0. The monoisotopic (exact) mass is 413 g/mol. The van der Waals surface area contributed by atoms with Gasteiger partial charge in [0.05, 0.1) is 13.0 Å². The summed E-state index contributed by atoms with van der Waals surface area (Å²) in [4.78, 5) is 28.9. The number of benzene rings is 2. The number of piperidine rings is 1. The number of hydrogen-bond acceptors (Lipinski definition) is 3. The molecule has 5 nitrogen and oxygen atoms in total. The van der Waals surface area contributed by atoms with Crippen LogP contribution in [0.3, 0.4) is 0 Å². The van der Waals surface area contributed by atoms with Crippen molar-refractivity contribution in [1.29, 1.82) is 0 Å². The van der Waals surface area contributed by atoms with Gasteiger partial charge in [0.25, 0.3) is 0 Å². The molecule has 2 heterocycles. The number of carbonyl (C=O) groups excluding carboxylic acids is 2. The van der Waals surface area contributed by atoms with Gasteiger partial charge in [0, 0.05) is 32.2 Å². The van der Waals surface area contributed by atoms with Gasteiger partial charge in [0.1, 0.15) is 0 Å². The number of likely N-dealkylation sites (tertiary alicyclic amines) is 1. The van der Waals surface area contributed by atoms with Crippen LogP contribution >= 0.6 is 12.4 Å². The number of nitrogens with one attached hydrogen (secondary N) is 1. The van der Waals surface area contributed by atoms with Crippen molar-refractivity contribution in [2.24, 2.45) is 0 Å². The number of halogens is 1. The molecule has 2 aliphatic heterocycles. The van der Waals surface area contributed by atoms with Gasteiger partial charge in [-0.05, 0) is 29.5 Å². The quantitative estimate of drug-likeness (QED) is 0.838. The van der Waals surface area contributed by atoms with Crippen LogP contribution in [0.25, 0.3) is 11.1 Å². The average Bonchev–Trinajstić information content (AvgIpc) is 2.75. The van der Waals surface area contributed by atoms with E-state index in [0.29, 0.717) is 19.5 Å². The van der Waals surface area contributed by atoms with Crippen molar-refractivity contribution >= 4 is 24.2 Å². The normalized spacial score (nSPS) is 19.6. The zero-order chi connectivity index (χ0) is 19.3. The van der Waals surface area contributed by atoms with E-state index in [1.807, 2.05) is 40.1 Å². The Hall–Kier alpha value is -2.37. The molecule has 2 amide bonds. The highest BCUT2D eigenvalue weighted by molar-refractivity contribution is 5.85. The molecule has 0 spiro atoms. The maximum absolute atomic E-state index is 12.8. The van der Waals surface area contributed by atoms with E-state index >= 15 is 0 Å². The molecule has 154 valence electrons. The Kier molecular flexibility index (Phi) is 7.29. The molecule has 2 aromatic carbocycles. The second-order valence-electron chi connectivity index (χ2n) is 7.64. The first kappa shape index (κ1) is 21.3. The molecule has 6 heteroatoms. The lowest BCUT2D eigenvalue weighted by molar-refractivity contribution is -0.140. The summed E-state index contributed by atoms with van der Waals surface area (Å²) in [5.74, 6) is 0.307. The van der Waals surface area contributed by atoms with Gasteiger partial charge in [-0.1, -0.05) is 54.6 Å². The van der Waals surface area contributed by atoms with E-state index in [4.69, 9.17) is 0 Å². The maximum Gasteiger partial charge on any atom is 0.236 e. The minimum atomic E-state index is 0. The third kappa shape index (κ3) is 5.17. The fraction of sp³-hybridized carbons (Fsp3) is 0.391. The molecule has 4 rings (SSSR count). The Bertz CT molecular complexity index is 826. The number of rotatable bonds is 4. The molecule has 2 aliphatic rings. The Balaban J connectivity index is 0.00000240. The molecule has 0 bridgehead atoms. The predicted octanol–water partition coefficient (Wildman–Crippen LogP) is 2.74. The van der Waals surface area contributed by atoms with Crippen LogP contribution in [0.5, 0.6) is 0 Å². The number of piperazine rings is 1. The number of amides is 2. The molecule has 1 N–H and O–H groups in total. The van der Waals surface area contributed by atoms with Crippen molar-refractivity contribution in [3.05, 3.63) is 60.2 Å². The van der Waals surface area contributed by atoms with Crippen LogP contribution in [-0.4, -0.2) is 60.4 Å². The lowest BCUT2D eigenvalue weighted by Crippen LogP contribution is -2.57. The number of hydrogen-bond donors (Lipinski definition) is 1. The van der Waals surface area contributed by atoms with Crippen molar-refractivity contribution in [1.82, 2.24) is 15.1 Å². The van der Waals surface area contributed by atoms with Crippen LogP contribution < -0.4 is 5.32 Å². The molecule has 2 aromatic rings. The smallest absolute Gasteiger partial charge is 0.236 e. The molecule has 29 heavy (non-hydrogen) atoms. The van der Waals surface area contributed by atoms with E-state index in [-0.39, 0.29) is 30.3 Å².